The Kier molecular flexibility index (Phi) is 2.86. The lowest BCUT2D eigenvalue weighted by Gasteiger charge is -1.96. The van der Waals surface area contributed by atoms with E-state index < -0.39 is 11.6 Å². The van der Waals surface area contributed by atoms with Gasteiger partial charge in [-0.15, -0.1) is 0 Å². The molecule has 0 saturated heterocycles. The van der Waals surface area contributed by atoms with Crippen LogP contribution in [0.15, 0.2) is 41.2 Å². The van der Waals surface area contributed by atoms with Crippen LogP contribution in [0.1, 0.15) is 0 Å². The molecule has 0 fully saturated rings. The van der Waals surface area contributed by atoms with Crippen molar-refractivity contribution in [3.63, 3.8) is 0 Å². The van der Waals surface area contributed by atoms with Crippen LogP contribution < -0.4 is 5.73 Å². The number of hydrogen-bond donors (Lipinski definition) is 1. The van der Waals surface area contributed by atoms with Gasteiger partial charge < -0.3 is 10.3 Å². The average Bonchev–Trinajstić information content (AvgIpc) is 2.92. The zero-order valence-electron chi connectivity index (χ0n) is 10.0. The predicted octanol–water partition coefficient (Wildman–Crippen LogP) is 2.66. The third kappa shape index (κ3) is 2.20. The fourth-order valence-electron chi connectivity index (χ4n) is 1.67. The molecule has 100 valence electrons. The number of aromatic nitrogens is 3. The molecule has 0 spiro atoms. The van der Waals surface area contributed by atoms with Crippen LogP contribution in [-0.4, -0.2) is 15.1 Å². The Morgan fingerprint density at radius 2 is 1.85 bits per heavy atom. The Labute approximate surface area is 112 Å². The second kappa shape index (κ2) is 4.69. The van der Waals surface area contributed by atoms with E-state index in [0.29, 0.717) is 16.8 Å². The van der Waals surface area contributed by atoms with Gasteiger partial charge in [-0.05, 0) is 24.3 Å². The zero-order chi connectivity index (χ0) is 14.1. The zero-order valence-corrected chi connectivity index (χ0v) is 10.0. The summed E-state index contributed by atoms with van der Waals surface area (Å²) in [5, 5.41) is 3.72. The number of hydrogen-bond acceptors (Lipinski definition) is 5. The molecule has 0 saturated carbocycles. The van der Waals surface area contributed by atoms with E-state index in [-0.39, 0.29) is 11.7 Å². The first-order valence-corrected chi connectivity index (χ1v) is 5.63. The van der Waals surface area contributed by atoms with Gasteiger partial charge in [-0.25, -0.2) is 8.78 Å². The molecule has 5 nitrogen and oxygen atoms in total. The average molecular weight is 274 g/mol. The van der Waals surface area contributed by atoms with Crippen molar-refractivity contribution in [2.45, 2.75) is 0 Å². The van der Waals surface area contributed by atoms with Gasteiger partial charge in [0.1, 0.15) is 0 Å². The van der Waals surface area contributed by atoms with E-state index in [2.05, 4.69) is 15.1 Å². The highest BCUT2D eigenvalue weighted by atomic mass is 19.2. The molecule has 0 aliphatic carbocycles. The van der Waals surface area contributed by atoms with Crippen molar-refractivity contribution in [2.24, 2.45) is 0 Å². The van der Waals surface area contributed by atoms with Crippen molar-refractivity contribution < 1.29 is 13.3 Å². The fourth-order valence-corrected chi connectivity index (χ4v) is 1.67. The minimum atomic E-state index is -0.973. The van der Waals surface area contributed by atoms with E-state index in [0.717, 1.165) is 12.1 Å². The van der Waals surface area contributed by atoms with Crippen LogP contribution in [-0.2, 0) is 0 Å². The standard InChI is InChI=1S/C13H8F2N4O/c14-10-2-1-7(4-11(10)15)12-18-13(20-19-12)8-3-9(16)6-17-5-8/h1-6H,16H2. The summed E-state index contributed by atoms with van der Waals surface area (Å²) in [5.74, 6) is -1.55. The molecular weight excluding hydrogens is 266 g/mol. The molecule has 1 aromatic carbocycles. The number of rotatable bonds is 2. The summed E-state index contributed by atoms with van der Waals surface area (Å²) in [5.41, 5.74) is 6.92. The maximum absolute atomic E-state index is 13.2. The summed E-state index contributed by atoms with van der Waals surface area (Å²) < 4.78 is 31.1. The first-order chi connectivity index (χ1) is 9.63. The fraction of sp³-hybridized carbons (Fsp3) is 0. The van der Waals surface area contributed by atoms with Gasteiger partial charge in [0.05, 0.1) is 11.3 Å². The molecular formula is C13H8F2N4O. The summed E-state index contributed by atoms with van der Waals surface area (Å²) in [6.45, 7) is 0. The van der Waals surface area contributed by atoms with E-state index in [1.807, 2.05) is 0 Å². The minimum Gasteiger partial charge on any atom is -0.397 e. The van der Waals surface area contributed by atoms with Gasteiger partial charge in [-0.2, -0.15) is 4.98 Å². The molecule has 7 heteroatoms. The van der Waals surface area contributed by atoms with Crippen molar-refractivity contribution >= 4 is 5.69 Å². The number of nitrogens with two attached hydrogens (primary N) is 1. The van der Waals surface area contributed by atoms with Crippen molar-refractivity contribution in [2.75, 3.05) is 5.73 Å². The largest absolute Gasteiger partial charge is 0.397 e. The third-order valence-corrected chi connectivity index (χ3v) is 2.61. The number of nitrogens with zero attached hydrogens (tertiary/aromatic N) is 3. The number of halogens is 2. The Morgan fingerprint density at radius 1 is 1.00 bits per heavy atom. The highest BCUT2D eigenvalue weighted by Crippen LogP contribution is 2.23. The van der Waals surface area contributed by atoms with Crippen LogP contribution in [0.25, 0.3) is 22.8 Å². The van der Waals surface area contributed by atoms with Gasteiger partial charge in [0.25, 0.3) is 5.89 Å². The normalized spacial score (nSPS) is 10.7. The van der Waals surface area contributed by atoms with Crippen LogP contribution in [0.3, 0.4) is 0 Å². The Balaban J connectivity index is 1.99. The molecule has 0 aliphatic heterocycles. The maximum atomic E-state index is 13.2. The van der Waals surface area contributed by atoms with E-state index in [9.17, 15) is 8.78 Å². The van der Waals surface area contributed by atoms with Crippen molar-refractivity contribution in [1.82, 2.24) is 15.1 Å². The van der Waals surface area contributed by atoms with Crippen LogP contribution in [0, 0.1) is 11.6 Å². The van der Waals surface area contributed by atoms with Crippen LogP contribution in [0.2, 0.25) is 0 Å². The Bertz CT molecular complexity index is 773. The second-order valence-corrected chi connectivity index (χ2v) is 4.06. The first-order valence-electron chi connectivity index (χ1n) is 5.63. The number of benzene rings is 1. The molecule has 2 N–H and O–H groups in total. The van der Waals surface area contributed by atoms with E-state index in [1.165, 1.54) is 18.5 Å². The maximum Gasteiger partial charge on any atom is 0.259 e. The summed E-state index contributed by atoms with van der Waals surface area (Å²) in [7, 11) is 0. The van der Waals surface area contributed by atoms with Gasteiger partial charge in [0.15, 0.2) is 11.6 Å². The number of pyridine rings is 1. The van der Waals surface area contributed by atoms with Crippen molar-refractivity contribution in [3.8, 4) is 22.8 Å². The molecule has 0 unspecified atom stereocenters. The lowest BCUT2D eigenvalue weighted by Crippen LogP contribution is -1.88. The van der Waals surface area contributed by atoms with Gasteiger partial charge >= 0.3 is 0 Å². The van der Waals surface area contributed by atoms with Gasteiger partial charge in [-0.1, -0.05) is 5.16 Å². The number of nitrogen functional groups attached to an aromatic ring is 1. The van der Waals surface area contributed by atoms with Crippen molar-refractivity contribution in [3.05, 3.63) is 48.3 Å². The number of anilines is 1. The summed E-state index contributed by atoms with van der Waals surface area (Å²) in [4.78, 5) is 8.01. The van der Waals surface area contributed by atoms with Gasteiger partial charge in [0, 0.05) is 18.0 Å². The highest BCUT2D eigenvalue weighted by molar-refractivity contribution is 5.61. The Hall–Kier alpha value is -2.83. The van der Waals surface area contributed by atoms with Gasteiger partial charge in [0.2, 0.25) is 5.82 Å². The lowest BCUT2D eigenvalue weighted by molar-refractivity contribution is 0.432. The van der Waals surface area contributed by atoms with Crippen LogP contribution in [0.4, 0.5) is 14.5 Å². The monoisotopic (exact) mass is 274 g/mol. The molecule has 0 radical (unpaired) electrons. The molecule has 3 rings (SSSR count). The molecule has 0 atom stereocenters. The second-order valence-electron chi connectivity index (χ2n) is 4.06. The summed E-state index contributed by atoms with van der Waals surface area (Å²) in [6, 6.07) is 4.99. The topological polar surface area (TPSA) is 77.8 Å². The van der Waals surface area contributed by atoms with Crippen molar-refractivity contribution in [1.29, 1.82) is 0 Å². The molecule has 2 aromatic heterocycles. The van der Waals surface area contributed by atoms with E-state index in [4.69, 9.17) is 10.3 Å². The summed E-state index contributed by atoms with van der Waals surface area (Å²) in [6.07, 6.45) is 3.00. The predicted molar refractivity (Wildman–Crippen MR) is 67.3 cm³/mol. The van der Waals surface area contributed by atoms with E-state index >= 15 is 0 Å². The molecule has 0 bridgehead atoms. The minimum absolute atomic E-state index is 0.154. The quantitative estimate of drug-likeness (QED) is 0.777. The summed E-state index contributed by atoms with van der Waals surface area (Å²) >= 11 is 0. The molecule has 3 aromatic rings. The first kappa shape index (κ1) is 12.2. The van der Waals surface area contributed by atoms with Crippen LogP contribution >= 0.6 is 0 Å². The smallest absolute Gasteiger partial charge is 0.259 e. The molecule has 0 aliphatic rings. The SMILES string of the molecule is Nc1cncc(-c2nc(-c3ccc(F)c(F)c3)no2)c1. The molecule has 20 heavy (non-hydrogen) atoms. The van der Waals surface area contributed by atoms with Gasteiger partial charge in [-0.3, -0.25) is 4.98 Å². The molecule has 2 heterocycles. The third-order valence-electron chi connectivity index (χ3n) is 2.61. The van der Waals surface area contributed by atoms with Crippen LogP contribution in [0.5, 0.6) is 0 Å². The Morgan fingerprint density at radius 3 is 2.60 bits per heavy atom. The lowest BCUT2D eigenvalue weighted by atomic mass is 10.2. The highest BCUT2D eigenvalue weighted by Gasteiger charge is 2.13. The van der Waals surface area contributed by atoms with E-state index in [1.54, 1.807) is 6.07 Å². The molecule has 0 amide bonds.